The van der Waals surface area contributed by atoms with E-state index in [1.807, 2.05) is 18.9 Å². The van der Waals surface area contributed by atoms with Crippen LogP contribution in [0, 0.1) is 6.92 Å². The average molecular weight is 364 g/mol. The number of rotatable bonds is 3. The first-order valence-electron chi connectivity index (χ1n) is 7.39. The van der Waals surface area contributed by atoms with Gasteiger partial charge < -0.3 is 15.1 Å². The second kappa shape index (κ2) is 6.10. The van der Waals surface area contributed by atoms with E-state index in [4.69, 9.17) is 12.2 Å². The van der Waals surface area contributed by atoms with E-state index < -0.39 is 12.7 Å². The first-order valence-corrected chi connectivity index (χ1v) is 8.61. The van der Waals surface area contributed by atoms with E-state index in [1.54, 1.807) is 11.3 Å². The fraction of sp³-hybridized carbons (Fsp3) is 0.643. The van der Waals surface area contributed by atoms with Gasteiger partial charge in [-0.05, 0) is 24.7 Å². The van der Waals surface area contributed by atoms with Crippen LogP contribution in [0.3, 0.4) is 0 Å². The summed E-state index contributed by atoms with van der Waals surface area (Å²) in [5.74, 6) is 0. The highest BCUT2D eigenvalue weighted by Gasteiger charge is 2.35. The van der Waals surface area contributed by atoms with Gasteiger partial charge in [0.2, 0.25) is 0 Å². The average Bonchev–Trinajstić information content (AvgIpc) is 2.95. The molecule has 128 valence electrons. The largest absolute Gasteiger partial charge is 0.401 e. The first-order chi connectivity index (χ1) is 10.7. The summed E-state index contributed by atoms with van der Waals surface area (Å²) in [4.78, 5) is 6.63. The zero-order valence-electron chi connectivity index (χ0n) is 13.0. The predicted octanol–water partition coefficient (Wildman–Crippen LogP) is 2.52. The molecule has 0 radical (unpaired) electrons. The Balaban J connectivity index is 1.80. The van der Waals surface area contributed by atoms with Crippen molar-refractivity contribution in [3.63, 3.8) is 0 Å². The van der Waals surface area contributed by atoms with Gasteiger partial charge in [0.05, 0.1) is 24.8 Å². The quantitative estimate of drug-likeness (QED) is 0.830. The second-order valence-corrected chi connectivity index (χ2v) is 7.50. The maximum absolute atomic E-state index is 12.7. The molecule has 0 bridgehead atoms. The van der Waals surface area contributed by atoms with Gasteiger partial charge in [-0.15, -0.1) is 11.3 Å². The molecule has 1 fully saturated rings. The van der Waals surface area contributed by atoms with Gasteiger partial charge >= 0.3 is 6.18 Å². The number of hydrogen-bond acceptors (Lipinski definition) is 4. The van der Waals surface area contributed by atoms with Gasteiger partial charge in [-0.3, -0.25) is 4.90 Å². The molecule has 1 saturated heterocycles. The minimum absolute atomic E-state index is 0.301. The Labute approximate surface area is 142 Å². The topological polar surface area (TPSA) is 21.8 Å². The zero-order chi connectivity index (χ0) is 16.8. The number of alkyl halides is 3. The molecule has 1 aromatic heterocycles. The normalized spacial score (nSPS) is 19.3. The van der Waals surface area contributed by atoms with Gasteiger partial charge in [0, 0.05) is 37.1 Å². The molecule has 1 N–H and O–H groups in total. The van der Waals surface area contributed by atoms with Crippen molar-refractivity contribution in [3.8, 4) is 0 Å². The third-order valence-corrected chi connectivity index (χ3v) is 6.01. The SMILES string of the molecule is Cc1c(CN2CCNC2=S)sc2c1CN(CC(F)(F)F)CN2C. The molecule has 0 atom stereocenters. The van der Waals surface area contributed by atoms with Crippen LogP contribution in [0.25, 0.3) is 0 Å². The predicted molar refractivity (Wildman–Crippen MR) is 89.8 cm³/mol. The van der Waals surface area contributed by atoms with Crippen molar-refractivity contribution < 1.29 is 13.2 Å². The van der Waals surface area contributed by atoms with Crippen LogP contribution in [0.1, 0.15) is 16.0 Å². The molecule has 0 aliphatic carbocycles. The van der Waals surface area contributed by atoms with Crippen LogP contribution in [0.15, 0.2) is 0 Å². The van der Waals surface area contributed by atoms with E-state index in [-0.39, 0.29) is 0 Å². The lowest BCUT2D eigenvalue weighted by Gasteiger charge is -2.34. The van der Waals surface area contributed by atoms with E-state index in [0.717, 1.165) is 40.9 Å². The molecule has 9 heteroatoms. The van der Waals surface area contributed by atoms with Gasteiger partial charge in [0.25, 0.3) is 0 Å². The Morgan fingerprint density at radius 3 is 2.70 bits per heavy atom. The lowest BCUT2D eigenvalue weighted by atomic mass is 10.1. The summed E-state index contributed by atoms with van der Waals surface area (Å²) < 4.78 is 38.0. The number of nitrogens with one attached hydrogen (secondary N) is 1. The number of fused-ring (bicyclic) bond motifs is 1. The highest BCUT2D eigenvalue weighted by molar-refractivity contribution is 7.80. The van der Waals surface area contributed by atoms with Crippen molar-refractivity contribution in [2.24, 2.45) is 0 Å². The summed E-state index contributed by atoms with van der Waals surface area (Å²) in [5.41, 5.74) is 2.11. The smallest absolute Gasteiger partial charge is 0.361 e. The summed E-state index contributed by atoms with van der Waals surface area (Å²) in [6.07, 6.45) is -4.17. The van der Waals surface area contributed by atoms with Gasteiger partial charge in [-0.2, -0.15) is 13.2 Å². The minimum atomic E-state index is -4.17. The van der Waals surface area contributed by atoms with E-state index in [2.05, 4.69) is 10.2 Å². The van der Waals surface area contributed by atoms with Crippen LogP contribution < -0.4 is 10.2 Å². The highest BCUT2D eigenvalue weighted by atomic mass is 32.1. The Morgan fingerprint density at radius 2 is 2.09 bits per heavy atom. The number of thiocarbonyl (C=S) groups is 1. The van der Waals surface area contributed by atoms with Crippen LogP contribution in [0.2, 0.25) is 0 Å². The lowest BCUT2D eigenvalue weighted by molar-refractivity contribution is -0.147. The van der Waals surface area contributed by atoms with Crippen molar-refractivity contribution in [1.29, 1.82) is 0 Å². The fourth-order valence-corrected chi connectivity index (χ4v) is 4.60. The van der Waals surface area contributed by atoms with Crippen molar-refractivity contribution in [2.75, 3.05) is 38.3 Å². The zero-order valence-corrected chi connectivity index (χ0v) is 14.7. The summed E-state index contributed by atoms with van der Waals surface area (Å²) in [7, 11) is 1.85. The standard InChI is InChI=1S/C14H19F3N4S2/c1-9-10-5-20(7-14(15,16)17)8-19(2)12(10)23-11(9)6-21-4-3-18-13(21)22/h3-8H2,1-2H3,(H,18,22). The van der Waals surface area contributed by atoms with Crippen LogP contribution in [0.4, 0.5) is 18.2 Å². The molecule has 1 aromatic rings. The molecule has 0 saturated carbocycles. The molecule has 0 aromatic carbocycles. The molecular formula is C14H19F3N4S2. The number of hydrogen-bond donors (Lipinski definition) is 1. The van der Waals surface area contributed by atoms with Crippen molar-refractivity contribution >= 4 is 33.7 Å². The Hall–Kier alpha value is -1.06. The van der Waals surface area contributed by atoms with Crippen LogP contribution in [0.5, 0.6) is 0 Å². The maximum Gasteiger partial charge on any atom is 0.401 e. The van der Waals surface area contributed by atoms with Crippen molar-refractivity contribution in [1.82, 2.24) is 15.1 Å². The molecule has 2 aliphatic rings. The van der Waals surface area contributed by atoms with Crippen LogP contribution >= 0.6 is 23.6 Å². The Bertz CT molecular complexity index is 614. The van der Waals surface area contributed by atoms with E-state index >= 15 is 0 Å². The number of halogens is 3. The third-order valence-electron chi connectivity index (χ3n) is 4.17. The minimum Gasteiger partial charge on any atom is -0.361 e. The summed E-state index contributed by atoms with van der Waals surface area (Å²) in [6, 6.07) is 0. The fourth-order valence-electron chi connectivity index (χ4n) is 3.06. The lowest BCUT2D eigenvalue weighted by Crippen LogP contribution is -2.44. The summed E-state index contributed by atoms with van der Waals surface area (Å²) in [6.45, 7) is 4.23. The van der Waals surface area contributed by atoms with Crippen molar-refractivity contribution in [3.05, 3.63) is 16.0 Å². The monoisotopic (exact) mass is 364 g/mol. The van der Waals surface area contributed by atoms with Gasteiger partial charge in [0.15, 0.2) is 5.11 Å². The molecule has 23 heavy (non-hydrogen) atoms. The highest BCUT2D eigenvalue weighted by Crippen LogP contribution is 2.40. The Kier molecular flexibility index (Phi) is 4.45. The van der Waals surface area contributed by atoms with Gasteiger partial charge in [-0.25, -0.2) is 0 Å². The summed E-state index contributed by atoms with van der Waals surface area (Å²) >= 11 is 6.94. The maximum atomic E-state index is 12.7. The summed E-state index contributed by atoms with van der Waals surface area (Å²) in [5, 5.41) is 4.96. The van der Waals surface area contributed by atoms with E-state index in [0.29, 0.717) is 13.2 Å². The third kappa shape index (κ3) is 3.56. The Morgan fingerprint density at radius 1 is 1.35 bits per heavy atom. The molecule has 3 rings (SSSR count). The molecule has 0 unspecified atom stereocenters. The molecule has 4 nitrogen and oxygen atoms in total. The van der Waals surface area contributed by atoms with Gasteiger partial charge in [0.1, 0.15) is 0 Å². The van der Waals surface area contributed by atoms with E-state index in [9.17, 15) is 13.2 Å². The molecule has 2 aliphatic heterocycles. The molecular weight excluding hydrogens is 345 g/mol. The molecule has 0 amide bonds. The second-order valence-electron chi connectivity index (χ2n) is 6.03. The molecule has 0 spiro atoms. The van der Waals surface area contributed by atoms with Crippen LogP contribution in [-0.4, -0.2) is 54.4 Å². The van der Waals surface area contributed by atoms with Crippen LogP contribution in [-0.2, 0) is 13.1 Å². The number of thiophene rings is 1. The first kappa shape index (κ1) is 16.8. The number of anilines is 1. The van der Waals surface area contributed by atoms with Crippen molar-refractivity contribution in [2.45, 2.75) is 26.2 Å². The van der Waals surface area contributed by atoms with E-state index in [1.165, 1.54) is 9.78 Å². The number of nitrogens with zero attached hydrogens (tertiary/aromatic N) is 3. The van der Waals surface area contributed by atoms with Gasteiger partial charge in [-0.1, -0.05) is 0 Å². The molecule has 3 heterocycles.